The van der Waals surface area contributed by atoms with Crippen molar-refractivity contribution >= 4 is 5.78 Å². The normalized spacial score (nSPS) is 37.4. The van der Waals surface area contributed by atoms with Gasteiger partial charge in [-0.3, -0.25) is 4.79 Å². The second-order valence-corrected chi connectivity index (χ2v) is 11.8. The van der Waals surface area contributed by atoms with Crippen molar-refractivity contribution < 1.29 is 20.1 Å². The van der Waals surface area contributed by atoms with Crippen LogP contribution in [-0.4, -0.2) is 38.9 Å². The molecule has 0 heterocycles. The standard InChI is InChI=1S/C30H44O4/c1-7-9-23-17-25-21(12-13-22-16-24(31)18-26(32)20(22)3)10-8-15-30(25,6)28(23)19(2)11-14-27(33)29(4,5)34/h9,12-13,19,23-26,28,31-32,34H,1,3,8,10-11,14-18H2,2,4-6H3/b21-12+,22-13-/t19-,23?,24-,25?,26?,28+,30+/m1/s1. The Hall–Kier alpha value is -1.71. The second kappa shape index (κ2) is 10.5. The van der Waals surface area contributed by atoms with Gasteiger partial charge in [0.1, 0.15) is 5.60 Å². The van der Waals surface area contributed by atoms with Crippen molar-refractivity contribution in [3.8, 4) is 0 Å². The van der Waals surface area contributed by atoms with Crippen molar-refractivity contribution in [2.24, 2.45) is 29.1 Å². The topological polar surface area (TPSA) is 77.8 Å². The molecule has 0 aromatic carbocycles. The highest BCUT2D eigenvalue weighted by atomic mass is 16.3. The first-order valence-electron chi connectivity index (χ1n) is 12.9. The number of rotatable bonds is 7. The molecule has 0 aromatic heterocycles. The summed E-state index contributed by atoms with van der Waals surface area (Å²) < 4.78 is 0. The van der Waals surface area contributed by atoms with E-state index in [9.17, 15) is 20.1 Å². The Morgan fingerprint density at radius 2 is 2.00 bits per heavy atom. The van der Waals surface area contributed by atoms with Crippen LogP contribution in [0.25, 0.3) is 0 Å². The SMILES string of the molecule is C=C=CC1CC2/C(=C/C=C3/C[C@@H](O)CC(O)C3=C)CCC[C@]2(C)[C@H]1[C@H](C)CCC(=O)C(C)(C)O. The highest BCUT2D eigenvalue weighted by Gasteiger charge is 2.54. The summed E-state index contributed by atoms with van der Waals surface area (Å²) in [5.41, 5.74) is 5.00. The lowest BCUT2D eigenvalue weighted by molar-refractivity contribution is -0.134. The third-order valence-electron chi connectivity index (χ3n) is 8.87. The summed E-state index contributed by atoms with van der Waals surface area (Å²) in [6.45, 7) is 15.7. The fourth-order valence-electron chi connectivity index (χ4n) is 7.08. The first-order valence-corrected chi connectivity index (χ1v) is 12.9. The molecule has 3 N–H and O–H groups in total. The first-order chi connectivity index (χ1) is 15.9. The maximum absolute atomic E-state index is 12.4. The lowest BCUT2D eigenvalue weighted by atomic mass is 9.60. The molecule has 188 valence electrons. The molecule has 0 spiro atoms. The number of carbonyl (C=O) groups excluding carboxylic acids is 1. The molecule has 0 bridgehead atoms. The van der Waals surface area contributed by atoms with Crippen LogP contribution in [0.1, 0.15) is 79.1 Å². The van der Waals surface area contributed by atoms with Gasteiger partial charge >= 0.3 is 0 Å². The van der Waals surface area contributed by atoms with Crippen molar-refractivity contribution in [2.45, 2.75) is 96.9 Å². The van der Waals surface area contributed by atoms with Crippen molar-refractivity contribution in [1.82, 2.24) is 0 Å². The molecular weight excluding hydrogens is 424 g/mol. The van der Waals surface area contributed by atoms with Crippen LogP contribution < -0.4 is 0 Å². The Balaban J connectivity index is 1.86. The van der Waals surface area contributed by atoms with Crippen LogP contribution >= 0.6 is 0 Å². The number of ketones is 1. The molecule has 0 radical (unpaired) electrons. The molecule has 0 amide bonds. The lowest BCUT2D eigenvalue weighted by Crippen LogP contribution is -2.38. The van der Waals surface area contributed by atoms with E-state index >= 15 is 0 Å². The van der Waals surface area contributed by atoms with E-state index in [0.29, 0.717) is 42.9 Å². The molecular formula is C30H44O4. The van der Waals surface area contributed by atoms with Crippen molar-refractivity contribution in [1.29, 1.82) is 0 Å². The van der Waals surface area contributed by atoms with Gasteiger partial charge in [-0.25, -0.2) is 0 Å². The maximum Gasteiger partial charge on any atom is 0.163 e. The van der Waals surface area contributed by atoms with E-state index < -0.39 is 17.8 Å². The summed E-state index contributed by atoms with van der Waals surface area (Å²) in [5, 5.41) is 30.4. The number of hydrogen-bond donors (Lipinski definition) is 3. The Morgan fingerprint density at radius 3 is 2.65 bits per heavy atom. The van der Waals surface area contributed by atoms with Gasteiger partial charge in [-0.15, -0.1) is 5.73 Å². The summed E-state index contributed by atoms with van der Waals surface area (Å²) in [6, 6.07) is 0. The monoisotopic (exact) mass is 468 g/mol. The largest absolute Gasteiger partial charge is 0.393 e. The number of fused-ring (bicyclic) bond motifs is 1. The molecule has 7 atom stereocenters. The van der Waals surface area contributed by atoms with Gasteiger partial charge < -0.3 is 15.3 Å². The highest BCUT2D eigenvalue weighted by Crippen LogP contribution is 2.62. The molecule has 0 aromatic rings. The first kappa shape index (κ1) is 26.9. The van der Waals surface area contributed by atoms with Gasteiger partial charge in [0.25, 0.3) is 0 Å². The Kier molecular flexibility index (Phi) is 8.30. The Morgan fingerprint density at radius 1 is 1.29 bits per heavy atom. The number of allylic oxidation sites excluding steroid dienone is 4. The zero-order valence-electron chi connectivity index (χ0n) is 21.5. The molecule has 3 unspecified atom stereocenters. The summed E-state index contributed by atoms with van der Waals surface area (Å²) in [5.74, 6) is 1.48. The second-order valence-electron chi connectivity index (χ2n) is 11.8. The van der Waals surface area contributed by atoms with Crippen LogP contribution in [-0.2, 0) is 4.79 Å². The van der Waals surface area contributed by atoms with E-state index in [1.807, 2.05) is 0 Å². The molecule has 3 saturated carbocycles. The summed E-state index contributed by atoms with van der Waals surface area (Å²) >= 11 is 0. The zero-order valence-corrected chi connectivity index (χ0v) is 21.5. The molecule has 0 saturated heterocycles. The van der Waals surface area contributed by atoms with Gasteiger partial charge in [0.05, 0.1) is 12.2 Å². The lowest BCUT2D eigenvalue weighted by Gasteiger charge is -2.45. The van der Waals surface area contributed by atoms with E-state index in [2.05, 4.69) is 51.0 Å². The average molecular weight is 469 g/mol. The van der Waals surface area contributed by atoms with Crippen LogP contribution in [0.4, 0.5) is 0 Å². The minimum absolute atomic E-state index is 0.0946. The van der Waals surface area contributed by atoms with E-state index in [0.717, 1.165) is 43.3 Å². The average Bonchev–Trinajstić information content (AvgIpc) is 3.05. The van der Waals surface area contributed by atoms with Crippen LogP contribution in [0.3, 0.4) is 0 Å². The van der Waals surface area contributed by atoms with Crippen LogP contribution in [0.5, 0.6) is 0 Å². The van der Waals surface area contributed by atoms with E-state index in [1.165, 1.54) is 5.57 Å². The summed E-state index contributed by atoms with van der Waals surface area (Å²) in [6.07, 6.45) is 11.7. The van der Waals surface area contributed by atoms with Crippen LogP contribution in [0.2, 0.25) is 0 Å². The fourth-order valence-corrected chi connectivity index (χ4v) is 7.08. The molecule has 4 heteroatoms. The zero-order chi connectivity index (χ0) is 25.3. The van der Waals surface area contributed by atoms with Crippen molar-refractivity contribution in [3.05, 3.63) is 53.8 Å². The molecule has 3 aliphatic carbocycles. The van der Waals surface area contributed by atoms with Gasteiger partial charge in [-0.2, -0.15) is 0 Å². The number of aliphatic hydroxyl groups is 3. The predicted octanol–water partition coefficient (Wildman–Crippen LogP) is 5.45. The van der Waals surface area contributed by atoms with Crippen molar-refractivity contribution in [2.75, 3.05) is 0 Å². The van der Waals surface area contributed by atoms with Gasteiger partial charge in [0, 0.05) is 12.8 Å². The van der Waals surface area contributed by atoms with Gasteiger partial charge in [0.2, 0.25) is 0 Å². The van der Waals surface area contributed by atoms with Gasteiger partial charge in [0.15, 0.2) is 5.78 Å². The number of carbonyl (C=O) groups is 1. The third-order valence-corrected chi connectivity index (χ3v) is 8.87. The fraction of sp³-hybridized carbons (Fsp3) is 0.667. The van der Waals surface area contributed by atoms with Gasteiger partial charge in [-0.1, -0.05) is 44.7 Å². The van der Waals surface area contributed by atoms with E-state index in [4.69, 9.17) is 0 Å². The van der Waals surface area contributed by atoms with Gasteiger partial charge in [-0.05, 0) is 98.7 Å². The third kappa shape index (κ3) is 5.57. The van der Waals surface area contributed by atoms with E-state index in [-0.39, 0.29) is 11.2 Å². The van der Waals surface area contributed by atoms with Crippen molar-refractivity contribution in [3.63, 3.8) is 0 Å². The minimum atomic E-state index is -1.28. The Labute approximate surface area is 205 Å². The molecule has 4 nitrogen and oxygen atoms in total. The molecule has 0 aliphatic heterocycles. The highest BCUT2D eigenvalue weighted by molar-refractivity contribution is 5.86. The molecule has 3 fully saturated rings. The summed E-state index contributed by atoms with van der Waals surface area (Å²) in [4.78, 5) is 12.4. The maximum atomic E-state index is 12.4. The van der Waals surface area contributed by atoms with Crippen LogP contribution in [0, 0.1) is 29.1 Å². The minimum Gasteiger partial charge on any atom is -0.393 e. The molecule has 3 rings (SSSR count). The smallest absolute Gasteiger partial charge is 0.163 e. The number of hydrogen-bond acceptors (Lipinski definition) is 4. The summed E-state index contributed by atoms with van der Waals surface area (Å²) in [7, 11) is 0. The predicted molar refractivity (Wildman–Crippen MR) is 137 cm³/mol. The quantitative estimate of drug-likeness (QED) is 0.434. The van der Waals surface area contributed by atoms with E-state index in [1.54, 1.807) is 13.8 Å². The van der Waals surface area contributed by atoms with Crippen LogP contribution in [0.15, 0.2) is 53.8 Å². The Bertz CT molecular complexity index is 897. The number of aliphatic hydroxyl groups excluding tert-OH is 2. The molecule has 34 heavy (non-hydrogen) atoms. The molecule has 3 aliphatic rings. The number of Topliss-reactive ketones (excluding diaryl/α,β-unsaturated/α-hetero) is 1.